The van der Waals surface area contributed by atoms with Gasteiger partial charge in [-0.05, 0) is 43.4 Å². The predicted octanol–water partition coefficient (Wildman–Crippen LogP) is 2.71. The number of carbonyl (C=O) groups is 5. The van der Waals surface area contributed by atoms with Crippen molar-refractivity contribution in [1.29, 1.82) is 0 Å². The van der Waals surface area contributed by atoms with Crippen LogP contribution in [0.25, 0.3) is 10.9 Å². The summed E-state index contributed by atoms with van der Waals surface area (Å²) >= 11 is 0. The van der Waals surface area contributed by atoms with Crippen molar-refractivity contribution in [2.24, 2.45) is 11.8 Å². The number of ether oxygens (including phenoxy) is 1. The molecule has 1 saturated heterocycles. The zero-order valence-corrected chi connectivity index (χ0v) is 25.5. The molecule has 1 aromatic heterocycles. The van der Waals surface area contributed by atoms with Gasteiger partial charge >= 0.3 is 13.9 Å². The van der Waals surface area contributed by atoms with Crippen LogP contribution in [-0.4, -0.2) is 91.2 Å². The summed E-state index contributed by atoms with van der Waals surface area (Å²) < 4.78 is 32.1. The van der Waals surface area contributed by atoms with Gasteiger partial charge in [-0.2, -0.15) is 0 Å². The maximum absolute atomic E-state index is 13.5. The van der Waals surface area contributed by atoms with Crippen molar-refractivity contribution >= 4 is 48.3 Å². The number of benzene rings is 1. The number of nitrogens with one attached hydrogen (secondary N) is 3. The van der Waals surface area contributed by atoms with Gasteiger partial charge in [-0.1, -0.05) is 19.9 Å². The van der Waals surface area contributed by atoms with Crippen molar-refractivity contribution in [3.63, 3.8) is 0 Å². The zero-order valence-electron chi connectivity index (χ0n) is 24.6. The Morgan fingerprint density at radius 1 is 1.12 bits per heavy atom. The van der Waals surface area contributed by atoms with Crippen LogP contribution in [0.15, 0.2) is 24.3 Å². The Bertz CT molecular complexity index is 1400. The minimum Gasteiger partial charge on any atom is -0.496 e. The number of imide groups is 1. The molecule has 2 heterocycles. The molecule has 0 spiro atoms. The number of nitrogens with zero attached hydrogens (tertiary/aromatic N) is 1. The Kier molecular flexibility index (Phi) is 11.4. The summed E-state index contributed by atoms with van der Waals surface area (Å²) in [5, 5.41) is 15.2. The van der Waals surface area contributed by atoms with E-state index < -0.39 is 62.0 Å². The summed E-state index contributed by atoms with van der Waals surface area (Å²) in [5.74, 6) is -3.14. The second kappa shape index (κ2) is 14.6. The third-order valence-electron chi connectivity index (χ3n) is 7.00. The van der Waals surface area contributed by atoms with Gasteiger partial charge in [-0.25, -0.2) is 14.3 Å². The van der Waals surface area contributed by atoms with Crippen LogP contribution in [0.3, 0.4) is 0 Å². The average Bonchev–Trinajstić information content (AvgIpc) is 3.58. The molecule has 1 fully saturated rings. The van der Waals surface area contributed by atoms with E-state index in [-0.39, 0.29) is 37.4 Å². The molecule has 1 aromatic carbocycles. The molecule has 0 aliphatic carbocycles. The minimum atomic E-state index is -4.05. The first-order chi connectivity index (χ1) is 20.3. The van der Waals surface area contributed by atoms with Gasteiger partial charge in [0.15, 0.2) is 5.78 Å². The van der Waals surface area contributed by atoms with Gasteiger partial charge in [0.05, 0.1) is 13.2 Å². The number of ketones is 1. The number of phosphoric ester groups is 1. The van der Waals surface area contributed by atoms with Crippen LogP contribution in [0.4, 0.5) is 4.79 Å². The fourth-order valence-corrected chi connectivity index (χ4v) is 5.41. The second-order valence-electron chi connectivity index (χ2n) is 10.4. The van der Waals surface area contributed by atoms with Crippen LogP contribution in [0, 0.1) is 11.8 Å². The summed E-state index contributed by atoms with van der Waals surface area (Å²) in [6.45, 7) is 2.84. The van der Waals surface area contributed by atoms with Crippen LogP contribution in [-0.2, 0) is 32.5 Å². The molecule has 4 N–H and O–H groups in total. The number of fused-ring (bicyclic) bond motifs is 1. The van der Waals surface area contributed by atoms with Crippen LogP contribution in [0.1, 0.15) is 43.6 Å². The number of aromatic nitrogens is 1. The molecule has 3 atom stereocenters. The van der Waals surface area contributed by atoms with Crippen molar-refractivity contribution < 1.29 is 52.0 Å². The number of likely N-dealkylation sites (tertiary alicyclic amines) is 1. The van der Waals surface area contributed by atoms with Crippen molar-refractivity contribution in [3.8, 4) is 5.75 Å². The maximum Gasteiger partial charge on any atom is 0.474 e. The van der Waals surface area contributed by atoms with Crippen LogP contribution in [0.2, 0.25) is 0 Å². The summed E-state index contributed by atoms with van der Waals surface area (Å²) in [4.78, 5) is 67.6. The molecule has 0 bridgehead atoms. The lowest BCUT2D eigenvalue weighted by Crippen LogP contribution is -2.53. The Labute approximate surface area is 248 Å². The van der Waals surface area contributed by atoms with E-state index in [9.17, 15) is 33.6 Å². The van der Waals surface area contributed by atoms with Gasteiger partial charge in [0.25, 0.3) is 5.91 Å². The van der Waals surface area contributed by atoms with E-state index >= 15 is 0 Å². The summed E-state index contributed by atoms with van der Waals surface area (Å²) in [6.07, 6.45) is -1.32. The normalized spacial score (nSPS) is 16.7. The first-order valence-electron chi connectivity index (χ1n) is 13.5. The van der Waals surface area contributed by atoms with Gasteiger partial charge in [-0.3, -0.25) is 32.7 Å². The fraction of sp³-hybridized carbons (Fsp3) is 0.519. The van der Waals surface area contributed by atoms with Crippen molar-refractivity contribution in [1.82, 2.24) is 20.5 Å². The Morgan fingerprint density at radius 3 is 2.40 bits per heavy atom. The van der Waals surface area contributed by atoms with Crippen molar-refractivity contribution in [3.05, 3.63) is 30.0 Å². The maximum atomic E-state index is 13.5. The quantitative estimate of drug-likeness (QED) is 0.212. The third-order valence-corrected chi connectivity index (χ3v) is 8.34. The second-order valence-corrected chi connectivity index (χ2v) is 12.3. The zero-order chi connectivity index (χ0) is 31.9. The number of carbonyl (C=O) groups excluding carboxylic acids is 4. The molecule has 1 aliphatic rings. The smallest absolute Gasteiger partial charge is 0.474 e. The highest BCUT2D eigenvalue weighted by molar-refractivity contribution is 7.48. The molecule has 0 saturated carbocycles. The lowest BCUT2D eigenvalue weighted by Gasteiger charge is -2.25. The molecular weight excluding hydrogens is 587 g/mol. The highest BCUT2D eigenvalue weighted by Gasteiger charge is 2.39. The van der Waals surface area contributed by atoms with E-state index in [1.807, 2.05) is 13.8 Å². The topological polar surface area (TPSA) is 203 Å². The SMILES string of the molecule is COc1cccc2[nH]c(C(=O)N[C@@H](CC(C)C)C(=O)N[C@@H](C[C@@H]3CCN(C(=O)O)C3=O)C(=O)COP(=O)(OC)OC)cc12. The summed E-state index contributed by atoms with van der Waals surface area (Å²) in [7, 11) is -0.409. The van der Waals surface area contributed by atoms with Gasteiger partial charge in [0.2, 0.25) is 11.8 Å². The number of rotatable bonds is 15. The molecule has 4 amide bonds. The number of amides is 4. The number of methoxy groups -OCH3 is 1. The van der Waals surface area contributed by atoms with Crippen LogP contribution >= 0.6 is 7.82 Å². The lowest BCUT2D eigenvalue weighted by molar-refractivity contribution is -0.133. The minimum absolute atomic E-state index is 0.0498. The molecule has 2 aromatic rings. The fourth-order valence-electron chi connectivity index (χ4n) is 4.77. The van der Waals surface area contributed by atoms with E-state index in [1.165, 1.54) is 7.11 Å². The van der Waals surface area contributed by atoms with Crippen LogP contribution in [0.5, 0.6) is 5.75 Å². The Hall–Kier alpha value is -3.78. The summed E-state index contributed by atoms with van der Waals surface area (Å²) in [5.41, 5.74) is 0.836. The van der Waals surface area contributed by atoms with Crippen LogP contribution < -0.4 is 15.4 Å². The molecule has 0 unspecified atom stereocenters. The van der Waals surface area contributed by atoms with E-state index in [0.717, 1.165) is 14.2 Å². The lowest BCUT2D eigenvalue weighted by atomic mass is 9.95. The largest absolute Gasteiger partial charge is 0.496 e. The Morgan fingerprint density at radius 2 is 1.81 bits per heavy atom. The van der Waals surface area contributed by atoms with Gasteiger partial charge in [-0.15, -0.1) is 0 Å². The number of hydrogen-bond donors (Lipinski definition) is 4. The number of aromatic amines is 1. The molecule has 3 rings (SSSR count). The van der Waals surface area contributed by atoms with E-state index in [4.69, 9.17) is 9.26 Å². The van der Waals surface area contributed by atoms with Gasteiger partial charge in [0.1, 0.15) is 24.1 Å². The number of carboxylic acid groups (broad SMARTS) is 1. The van der Waals surface area contributed by atoms with Crippen molar-refractivity contribution in [2.75, 3.05) is 34.5 Å². The van der Waals surface area contributed by atoms with Gasteiger partial charge in [0, 0.05) is 37.6 Å². The molecule has 0 radical (unpaired) electrons. The molecular formula is C27H37N4O11P. The molecule has 1 aliphatic heterocycles. The predicted molar refractivity (Wildman–Crippen MR) is 153 cm³/mol. The first kappa shape index (κ1) is 33.7. The molecule has 15 nitrogen and oxygen atoms in total. The average molecular weight is 625 g/mol. The van der Waals surface area contributed by atoms with E-state index in [0.29, 0.717) is 21.6 Å². The summed E-state index contributed by atoms with van der Waals surface area (Å²) in [6, 6.07) is 4.44. The number of H-pyrrole nitrogens is 1. The number of Topliss-reactive ketones (excluding diaryl/α,β-unsaturated/α-hetero) is 1. The number of hydrogen-bond acceptors (Lipinski definition) is 10. The number of phosphoric acid groups is 1. The standard InChI is InChI=1S/C27H37N4O11P/c1-15(2)11-20(30-25(34)21-13-17-18(28-21)7-6-8-23(17)39-3)24(33)29-19(22(32)14-42-43(38,40-4)41-5)12-16-9-10-31(26(16)35)27(36)37/h6-8,13,15-16,19-20,28H,9-12,14H2,1-5H3,(H,29,33)(H,30,34)(H,36,37)/t16-,19-,20-/m0/s1. The molecule has 43 heavy (non-hydrogen) atoms. The highest BCUT2D eigenvalue weighted by Crippen LogP contribution is 2.47. The third kappa shape index (κ3) is 8.41. The van der Waals surface area contributed by atoms with E-state index in [2.05, 4.69) is 24.7 Å². The first-order valence-corrected chi connectivity index (χ1v) is 15.0. The van der Waals surface area contributed by atoms with Crippen molar-refractivity contribution in [2.45, 2.75) is 45.2 Å². The highest BCUT2D eigenvalue weighted by atomic mass is 31.2. The van der Waals surface area contributed by atoms with E-state index in [1.54, 1.807) is 24.3 Å². The monoisotopic (exact) mass is 624 g/mol. The molecule has 16 heteroatoms. The molecule has 236 valence electrons. The van der Waals surface area contributed by atoms with Gasteiger partial charge < -0.3 is 25.5 Å². The Balaban J connectivity index is 1.82.